The lowest BCUT2D eigenvalue weighted by molar-refractivity contribution is 0.102. The molecule has 0 radical (unpaired) electrons. The maximum Gasteiger partial charge on any atom is 0.259 e. The van der Waals surface area contributed by atoms with Crippen molar-refractivity contribution >= 4 is 11.6 Å². The molecule has 0 unspecified atom stereocenters. The quantitative estimate of drug-likeness (QED) is 0.789. The lowest BCUT2D eigenvalue weighted by Gasteiger charge is -2.11. The summed E-state index contributed by atoms with van der Waals surface area (Å²) in [5.41, 5.74) is 1.31. The van der Waals surface area contributed by atoms with Crippen LogP contribution in [0.1, 0.15) is 22.8 Å². The molecule has 0 saturated carbocycles. The Balaban J connectivity index is 2.20. The van der Waals surface area contributed by atoms with Gasteiger partial charge in [-0.05, 0) is 37.3 Å². The lowest BCUT2D eigenvalue weighted by Crippen LogP contribution is -2.12. The molecule has 2 aromatic rings. The number of aliphatic hydroxyl groups excluding tert-OH is 1. The zero-order valence-electron chi connectivity index (χ0n) is 11.7. The first-order valence-corrected chi connectivity index (χ1v) is 6.61. The molecule has 5 heteroatoms. The third kappa shape index (κ3) is 3.52. The summed E-state index contributed by atoms with van der Waals surface area (Å²) >= 11 is 0. The van der Waals surface area contributed by atoms with E-state index in [1.54, 1.807) is 30.3 Å². The van der Waals surface area contributed by atoms with E-state index in [1.165, 1.54) is 12.1 Å². The fourth-order valence-electron chi connectivity index (χ4n) is 1.94. The zero-order valence-corrected chi connectivity index (χ0v) is 11.7. The molecule has 0 aliphatic rings. The third-order valence-corrected chi connectivity index (χ3v) is 2.94. The molecule has 1 amide bonds. The van der Waals surface area contributed by atoms with Crippen LogP contribution < -0.4 is 10.1 Å². The molecule has 0 fully saturated rings. The standard InChI is InChI=1S/C16H17NO4/c1-2-21-15-8-7-12(9-11(15)10-18)17-16(20)13-5-3-4-6-14(13)19/h3-9,18-19H,2,10H2,1H3,(H,17,20). The molecule has 2 rings (SSSR count). The second-order valence-corrected chi connectivity index (χ2v) is 4.38. The van der Waals surface area contributed by atoms with Crippen molar-refractivity contribution in [2.75, 3.05) is 11.9 Å². The molecule has 0 aromatic heterocycles. The van der Waals surface area contributed by atoms with E-state index < -0.39 is 5.91 Å². The molecule has 5 nitrogen and oxygen atoms in total. The summed E-state index contributed by atoms with van der Waals surface area (Å²) in [6, 6.07) is 11.3. The van der Waals surface area contributed by atoms with Crippen molar-refractivity contribution in [3.8, 4) is 11.5 Å². The maximum atomic E-state index is 12.1. The minimum atomic E-state index is -0.416. The number of ether oxygens (including phenoxy) is 1. The van der Waals surface area contributed by atoms with Crippen molar-refractivity contribution in [2.24, 2.45) is 0 Å². The number of carbonyl (C=O) groups is 1. The van der Waals surface area contributed by atoms with E-state index in [0.717, 1.165) is 0 Å². The summed E-state index contributed by atoms with van der Waals surface area (Å²) < 4.78 is 5.38. The highest BCUT2D eigenvalue weighted by atomic mass is 16.5. The zero-order chi connectivity index (χ0) is 15.2. The van der Waals surface area contributed by atoms with Crippen LogP contribution in [-0.2, 0) is 6.61 Å². The molecular weight excluding hydrogens is 270 g/mol. The van der Waals surface area contributed by atoms with Crippen LogP contribution >= 0.6 is 0 Å². The average Bonchev–Trinajstić information content (AvgIpc) is 2.49. The summed E-state index contributed by atoms with van der Waals surface area (Å²) in [6.07, 6.45) is 0. The van der Waals surface area contributed by atoms with Crippen LogP contribution in [0.15, 0.2) is 42.5 Å². The summed E-state index contributed by atoms with van der Waals surface area (Å²) in [6.45, 7) is 2.17. The lowest BCUT2D eigenvalue weighted by atomic mass is 10.1. The molecule has 21 heavy (non-hydrogen) atoms. The number of para-hydroxylation sites is 1. The van der Waals surface area contributed by atoms with Crippen LogP contribution in [0.2, 0.25) is 0 Å². The van der Waals surface area contributed by atoms with Crippen molar-refractivity contribution in [3.63, 3.8) is 0 Å². The number of rotatable bonds is 5. The molecule has 110 valence electrons. The van der Waals surface area contributed by atoms with Gasteiger partial charge in [-0.15, -0.1) is 0 Å². The molecule has 0 heterocycles. The van der Waals surface area contributed by atoms with Gasteiger partial charge in [0.05, 0.1) is 18.8 Å². The third-order valence-electron chi connectivity index (χ3n) is 2.94. The van der Waals surface area contributed by atoms with E-state index in [9.17, 15) is 15.0 Å². The van der Waals surface area contributed by atoms with Gasteiger partial charge in [-0.2, -0.15) is 0 Å². The fourth-order valence-corrected chi connectivity index (χ4v) is 1.94. The average molecular weight is 287 g/mol. The van der Waals surface area contributed by atoms with Gasteiger partial charge in [0.2, 0.25) is 0 Å². The molecule has 0 aliphatic carbocycles. The normalized spacial score (nSPS) is 10.2. The number of phenolic OH excluding ortho intramolecular Hbond substituents is 1. The van der Waals surface area contributed by atoms with Gasteiger partial charge in [0.1, 0.15) is 11.5 Å². The van der Waals surface area contributed by atoms with Crippen LogP contribution in [0, 0.1) is 0 Å². The highest BCUT2D eigenvalue weighted by molar-refractivity contribution is 6.06. The Morgan fingerprint density at radius 1 is 1.24 bits per heavy atom. The van der Waals surface area contributed by atoms with Gasteiger partial charge < -0.3 is 20.3 Å². The number of nitrogens with one attached hydrogen (secondary N) is 1. The van der Waals surface area contributed by atoms with Gasteiger partial charge in [0.15, 0.2) is 0 Å². The van der Waals surface area contributed by atoms with Gasteiger partial charge in [0.25, 0.3) is 5.91 Å². The van der Waals surface area contributed by atoms with Crippen molar-refractivity contribution < 1.29 is 19.7 Å². The Kier molecular flexibility index (Phi) is 4.79. The van der Waals surface area contributed by atoms with E-state index in [4.69, 9.17) is 4.74 Å². The summed E-state index contributed by atoms with van der Waals surface area (Å²) in [7, 11) is 0. The Morgan fingerprint density at radius 2 is 2.00 bits per heavy atom. The molecule has 0 saturated heterocycles. The van der Waals surface area contributed by atoms with Gasteiger partial charge >= 0.3 is 0 Å². The monoisotopic (exact) mass is 287 g/mol. The first-order chi connectivity index (χ1) is 10.2. The molecule has 0 spiro atoms. The van der Waals surface area contributed by atoms with Gasteiger partial charge in [-0.3, -0.25) is 4.79 Å². The molecule has 3 N–H and O–H groups in total. The number of hydrogen-bond acceptors (Lipinski definition) is 4. The minimum absolute atomic E-state index is 0.0803. The maximum absolute atomic E-state index is 12.1. The summed E-state index contributed by atoms with van der Waals surface area (Å²) in [4.78, 5) is 12.1. The molecule has 0 atom stereocenters. The molecule has 2 aromatic carbocycles. The van der Waals surface area contributed by atoms with E-state index in [0.29, 0.717) is 23.6 Å². The van der Waals surface area contributed by atoms with E-state index in [2.05, 4.69) is 5.32 Å². The predicted molar refractivity (Wildman–Crippen MR) is 79.6 cm³/mol. The second-order valence-electron chi connectivity index (χ2n) is 4.38. The van der Waals surface area contributed by atoms with E-state index in [-0.39, 0.29) is 17.9 Å². The second kappa shape index (κ2) is 6.76. The van der Waals surface area contributed by atoms with Gasteiger partial charge in [-0.25, -0.2) is 0 Å². The summed E-state index contributed by atoms with van der Waals surface area (Å²) in [5, 5.41) is 21.7. The Bertz CT molecular complexity index is 640. The van der Waals surface area contributed by atoms with Crippen LogP contribution in [-0.4, -0.2) is 22.7 Å². The smallest absolute Gasteiger partial charge is 0.259 e. The first kappa shape index (κ1) is 14.9. The van der Waals surface area contributed by atoms with Crippen LogP contribution in [0.4, 0.5) is 5.69 Å². The van der Waals surface area contributed by atoms with Crippen molar-refractivity contribution in [2.45, 2.75) is 13.5 Å². The van der Waals surface area contributed by atoms with Crippen LogP contribution in [0.3, 0.4) is 0 Å². The Labute approximate surface area is 122 Å². The van der Waals surface area contributed by atoms with Gasteiger partial charge in [0, 0.05) is 11.3 Å². The van der Waals surface area contributed by atoms with E-state index >= 15 is 0 Å². The number of aliphatic hydroxyl groups is 1. The number of benzene rings is 2. The van der Waals surface area contributed by atoms with Crippen LogP contribution in [0.25, 0.3) is 0 Å². The topological polar surface area (TPSA) is 78.8 Å². The number of phenols is 1. The number of aromatic hydroxyl groups is 1. The van der Waals surface area contributed by atoms with Crippen molar-refractivity contribution in [1.82, 2.24) is 0 Å². The molecule has 0 aliphatic heterocycles. The SMILES string of the molecule is CCOc1ccc(NC(=O)c2ccccc2O)cc1CO. The highest BCUT2D eigenvalue weighted by Crippen LogP contribution is 2.24. The fraction of sp³-hybridized carbons (Fsp3) is 0.188. The molecular formula is C16H17NO4. The minimum Gasteiger partial charge on any atom is -0.507 e. The predicted octanol–water partition coefficient (Wildman–Crippen LogP) is 2.54. The summed E-state index contributed by atoms with van der Waals surface area (Å²) in [5.74, 6) is 0.0880. The Hall–Kier alpha value is -2.53. The van der Waals surface area contributed by atoms with E-state index in [1.807, 2.05) is 6.92 Å². The number of hydrogen-bond donors (Lipinski definition) is 3. The van der Waals surface area contributed by atoms with Gasteiger partial charge in [-0.1, -0.05) is 12.1 Å². The van der Waals surface area contributed by atoms with Crippen LogP contribution in [0.5, 0.6) is 11.5 Å². The number of carbonyl (C=O) groups excluding carboxylic acids is 1. The first-order valence-electron chi connectivity index (χ1n) is 6.61. The van der Waals surface area contributed by atoms with Crippen molar-refractivity contribution in [3.05, 3.63) is 53.6 Å². The number of amides is 1. The highest BCUT2D eigenvalue weighted by Gasteiger charge is 2.11. The molecule has 0 bridgehead atoms. The van der Waals surface area contributed by atoms with Crippen molar-refractivity contribution in [1.29, 1.82) is 0 Å². The largest absolute Gasteiger partial charge is 0.507 e. The Morgan fingerprint density at radius 3 is 2.67 bits per heavy atom. The number of anilines is 1.